The lowest BCUT2D eigenvalue weighted by Crippen LogP contribution is -2.23. The second-order valence-electron chi connectivity index (χ2n) is 15.5. The zero-order valence-electron chi connectivity index (χ0n) is 34.1. The molecule has 0 bridgehead atoms. The summed E-state index contributed by atoms with van der Waals surface area (Å²) in [5, 5.41) is 0. The predicted molar refractivity (Wildman–Crippen MR) is 223 cm³/mol. The van der Waals surface area contributed by atoms with Crippen molar-refractivity contribution in [2.24, 2.45) is 11.8 Å². The maximum absolute atomic E-state index is 6.17. The maximum Gasteiger partial charge on any atom is 0.0510 e. The van der Waals surface area contributed by atoms with Gasteiger partial charge in [0.25, 0.3) is 0 Å². The number of rotatable bonds is 38. The van der Waals surface area contributed by atoms with Gasteiger partial charge in [0.2, 0.25) is 0 Å². The molecular formula is C47H87NO2. The standard InChI is InChI=1S/C47H87NO2/c1-4-6-8-10-12-14-16-18-20-22-24-26-28-30-32-34-36-38-40-49-44-46-42-48(3)43-47(46)45-50-41-39-37-35-33-31-29-27-25-23-21-19-17-15-13-11-9-7-5-2/h12-15,18-21,46-47H,4-11,16-17,22-45H2,1-3H3/b14-12-,15-13-,20-18-,21-19-/t46-,47-/m1/s1. The van der Waals surface area contributed by atoms with E-state index in [0.29, 0.717) is 11.8 Å². The van der Waals surface area contributed by atoms with E-state index in [1.54, 1.807) is 0 Å². The molecule has 1 saturated heterocycles. The van der Waals surface area contributed by atoms with Crippen molar-refractivity contribution in [1.29, 1.82) is 0 Å². The van der Waals surface area contributed by atoms with Gasteiger partial charge in [-0.15, -0.1) is 0 Å². The first-order valence-corrected chi connectivity index (χ1v) is 22.2. The molecule has 1 rings (SSSR count). The van der Waals surface area contributed by atoms with Crippen molar-refractivity contribution in [3.63, 3.8) is 0 Å². The average molecular weight is 698 g/mol. The molecule has 2 atom stereocenters. The van der Waals surface area contributed by atoms with Crippen molar-refractivity contribution in [3.8, 4) is 0 Å². The third-order valence-electron chi connectivity index (χ3n) is 10.4. The third kappa shape index (κ3) is 32.7. The number of unbranched alkanes of at least 4 members (excludes halogenated alkanes) is 22. The first-order valence-electron chi connectivity index (χ1n) is 22.2. The zero-order valence-corrected chi connectivity index (χ0v) is 34.1. The summed E-state index contributed by atoms with van der Waals surface area (Å²) in [6, 6.07) is 0. The van der Waals surface area contributed by atoms with Gasteiger partial charge in [-0.3, -0.25) is 0 Å². The molecule has 1 aliphatic heterocycles. The molecule has 0 aromatic rings. The normalized spacial score (nSPS) is 17.3. The van der Waals surface area contributed by atoms with Crippen molar-refractivity contribution in [3.05, 3.63) is 48.6 Å². The minimum Gasteiger partial charge on any atom is -0.381 e. The number of hydrogen-bond acceptors (Lipinski definition) is 3. The molecule has 1 aliphatic rings. The number of likely N-dealkylation sites (tertiary alicyclic amines) is 1. The van der Waals surface area contributed by atoms with Gasteiger partial charge in [-0.2, -0.15) is 0 Å². The smallest absolute Gasteiger partial charge is 0.0510 e. The molecule has 0 amide bonds. The van der Waals surface area contributed by atoms with Crippen molar-refractivity contribution in [2.75, 3.05) is 46.6 Å². The zero-order chi connectivity index (χ0) is 35.8. The van der Waals surface area contributed by atoms with Gasteiger partial charge >= 0.3 is 0 Å². The molecule has 0 radical (unpaired) electrons. The van der Waals surface area contributed by atoms with Gasteiger partial charge in [0.15, 0.2) is 0 Å². The van der Waals surface area contributed by atoms with E-state index in [2.05, 4.69) is 74.4 Å². The van der Waals surface area contributed by atoms with E-state index in [1.807, 2.05) is 0 Å². The summed E-state index contributed by atoms with van der Waals surface area (Å²) in [5.74, 6) is 1.27. The first-order chi connectivity index (χ1) is 24.8. The van der Waals surface area contributed by atoms with E-state index in [4.69, 9.17) is 9.47 Å². The number of ether oxygens (including phenoxy) is 2. The molecule has 3 nitrogen and oxygen atoms in total. The van der Waals surface area contributed by atoms with E-state index in [1.165, 1.54) is 167 Å². The van der Waals surface area contributed by atoms with Crippen LogP contribution in [0.15, 0.2) is 48.6 Å². The summed E-state index contributed by atoms with van der Waals surface area (Å²) in [7, 11) is 2.25. The van der Waals surface area contributed by atoms with Crippen LogP contribution in [0.3, 0.4) is 0 Å². The number of hydrogen-bond donors (Lipinski definition) is 0. The SMILES string of the molecule is CCCCC/C=C\C/C=C\CCCCCCCCCCOC[C@H]1CN(C)C[C@@H]1COCCCCCCCCCC/C=C\C/C=C\CCCCC. The third-order valence-corrected chi connectivity index (χ3v) is 10.4. The highest BCUT2D eigenvalue weighted by Gasteiger charge is 2.30. The number of nitrogens with zero attached hydrogens (tertiary/aromatic N) is 1. The maximum atomic E-state index is 6.17. The van der Waals surface area contributed by atoms with Crippen molar-refractivity contribution in [1.82, 2.24) is 4.90 Å². The molecule has 1 heterocycles. The van der Waals surface area contributed by atoms with Crippen LogP contribution < -0.4 is 0 Å². The largest absolute Gasteiger partial charge is 0.381 e. The Morgan fingerprint density at radius 1 is 0.400 bits per heavy atom. The Bertz CT molecular complexity index is 722. The molecule has 0 N–H and O–H groups in total. The van der Waals surface area contributed by atoms with E-state index in [0.717, 1.165) is 52.4 Å². The monoisotopic (exact) mass is 698 g/mol. The highest BCUT2D eigenvalue weighted by Crippen LogP contribution is 2.23. The lowest BCUT2D eigenvalue weighted by Gasteiger charge is -2.18. The molecule has 50 heavy (non-hydrogen) atoms. The summed E-state index contributed by atoms with van der Waals surface area (Å²) in [4.78, 5) is 2.47. The quantitative estimate of drug-likeness (QED) is 0.0473. The summed E-state index contributed by atoms with van der Waals surface area (Å²) in [5.41, 5.74) is 0. The van der Waals surface area contributed by atoms with E-state index in [9.17, 15) is 0 Å². The minimum absolute atomic E-state index is 0.634. The fourth-order valence-corrected chi connectivity index (χ4v) is 7.11. The van der Waals surface area contributed by atoms with Crippen LogP contribution in [-0.2, 0) is 9.47 Å². The van der Waals surface area contributed by atoms with Crippen molar-refractivity contribution in [2.45, 2.75) is 194 Å². The second kappa shape index (κ2) is 39.1. The van der Waals surface area contributed by atoms with Crippen molar-refractivity contribution >= 4 is 0 Å². The first kappa shape index (κ1) is 46.9. The highest BCUT2D eigenvalue weighted by atomic mass is 16.5. The summed E-state index contributed by atoms with van der Waals surface area (Å²) < 4.78 is 12.3. The van der Waals surface area contributed by atoms with Gasteiger partial charge in [0.05, 0.1) is 13.2 Å². The lowest BCUT2D eigenvalue weighted by molar-refractivity contribution is 0.0482. The Hall–Kier alpha value is -1.16. The van der Waals surface area contributed by atoms with E-state index in [-0.39, 0.29) is 0 Å². The highest BCUT2D eigenvalue weighted by molar-refractivity contribution is 4.93. The lowest BCUT2D eigenvalue weighted by atomic mass is 9.98. The summed E-state index contributed by atoms with van der Waals surface area (Å²) in [6.07, 6.45) is 55.8. The Morgan fingerprint density at radius 2 is 0.700 bits per heavy atom. The van der Waals surface area contributed by atoms with Crippen LogP contribution in [0.25, 0.3) is 0 Å². The average Bonchev–Trinajstić information content (AvgIpc) is 3.48. The van der Waals surface area contributed by atoms with Crippen LogP contribution in [0, 0.1) is 11.8 Å². The Morgan fingerprint density at radius 3 is 1.04 bits per heavy atom. The van der Waals surface area contributed by atoms with E-state index < -0.39 is 0 Å². The Balaban J connectivity index is 1.85. The van der Waals surface area contributed by atoms with Crippen LogP contribution in [-0.4, -0.2) is 51.5 Å². The second-order valence-corrected chi connectivity index (χ2v) is 15.5. The van der Waals surface area contributed by atoms with Crippen LogP contribution in [0.5, 0.6) is 0 Å². The van der Waals surface area contributed by atoms with Gasteiger partial charge in [0, 0.05) is 38.1 Å². The molecule has 1 fully saturated rings. The van der Waals surface area contributed by atoms with Crippen LogP contribution >= 0.6 is 0 Å². The topological polar surface area (TPSA) is 21.7 Å². The molecule has 292 valence electrons. The van der Waals surface area contributed by atoms with Crippen LogP contribution in [0.1, 0.15) is 194 Å². The summed E-state index contributed by atoms with van der Waals surface area (Å²) in [6.45, 7) is 10.5. The van der Waals surface area contributed by atoms with Gasteiger partial charge in [-0.1, -0.05) is 165 Å². The number of allylic oxidation sites excluding steroid dienone is 8. The van der Waals surface area contributed by atoms with Crippen molar-refractivity contribution < 1.29 is 9.47 Å². The molecule has 0 aliphatic carbocycles. The van der Waals surface area contributed by atoms with E-state index >= 15 is 0 Å². The van der Waals surface area contributed by atoms with Crippen LogP contribution in [0.4, 0.5) is 0 Å². The van der Waals surface area contributed by atoms with Gasteiger partial charge in [-0.25, -0.2) is 0 Å². The van der Waals surface area contributed by atoms with Gasteiger partial charge in [-0.05, 0) is 84.1 Å². The molecule has 0 saturated carbocycles. The molecule has 0 aromatic carbocycles. The minimum atomic E-state index is 0.634. The molecular weight excluding hydrogens is 611 g/mol. The fourth-order valence-electron chi connectivity index (χ4n) is 7.11. The molecule has 0 aromatic heterocycles. The molecule has 3 heteroatoms. The fraction of sp³-hybridized carbons (Fsp3) is 0.830. The van der Waals surface area contributed by atoms with Gasteiger partial charge in [0.1, 0.15) is 0 Å². The molecule has 0 spiro atoms. The molecule has 0 unspecified atom stereocenters. The van der Waals surface area contributed by atoms with Crippen LogP contribution in [0.2, 0.25) is 0 Å². The Kier molecular flexibility index (Phi) is 36.6. The van der Waals surface area contributed by atoms with Gasteiger partial charge < -0.3 is 14.4 Å². The summed E-state index contributed by atoms with van der Waals surface area (Å²) >= 11 is 0. The predicted octanol–water partition coefficient (Wildman–Crippen LogP) is 14.4. The Labute approximate surface area is 314 Å².